The van der Waals surface area contributed by atoms with Gasteiger partial charge in [0.2, 0.25) is 0 Å². The van der Waals surface area contributed by atoms with Crippen molar-refractivity contribution in [3.05, 3.63) is 43.6 Å². The van der Waals surface area contributed by atoms with E-state index in [0.717, 1.165) is 14.9 Å². The van der Waals surface area contributed by atoms with Gasteiger partial charge in [-0.1, -0.05) is 0 Å². The lowest BCUT2D eigenvalue weighted by Crippen LogP contribution is -2.34. The van der Waals surface area contributed by atoms with Gasteiger partial charge in [-0.25, -0.2) is 4.39 Å². The van der Waals surface area contributed by atoms with Crippen LogP contribution >= 0.6 is 33.9 Å². The van der Waals surface area contributed by atoms with Crippen LogP contribution in [0.15, 0.2) is 18.2 Å². The zero-order chi connectivity index (χ0) is 19.6. The predicted octanol–water partition coefficient (Wildman–Crippen LogP) is 2.84. The molecule has 1 aliphatic carbocycles. The zero-order valence-electron chi connectivity index (χ0n) is 14.2. The molecule has 144 valence electrons. The molecule has 6 nitrogen and oxygen atoms in total. The smallest absolute Gasteiger partial charge is 0.254 e. The average molecular weight is 504 g/mol. The molecule has 1 atom stereocenters. The van der Waals surface area contributed by atoms with Crippen LogP contribution in [0.4, 0.5) is 15.1 Å². The van der Waals surface area contributed by atoms with Crippen molar-refractivity contribution < 1.29 is 24.2 Å². The first kappa shape index (κ1) is 20.2. The average Bonchev–Trinajstić information content (AvgIpc) is 3.01. The number of carbonyl (C=O) groups excluding carboxylic acids is 2. The minimum Gasteiger partial charge on any atom is -0.394 e. The monoisotopic (exact) mass is 504 g/mol. The molecule has 0 spiro atoms. The van der Waals surface area contributed by atoms with Crippen molar-refractivity contribution in [2.24, 2.45) is 0 Å². The maximum atomic E-state index is 14.2. The molecule has 1 aliphatic rings. The van der Waals surface area contributed by atoms with Crippen LogP contribution < -0.4 is 10.6 Å². The normalized spacial score (nSPS) is 14.6. The van der Waals surface area contributed by atoms with Crippen LogP contribution in [0.2, 0.25) is 0 Å². The molecular formula is C18H18FIN2O4S. The molecule has 1 aromatic carbocycles. The molecule has 9 heteroatoms. The summed E-state index contributed by atoms with van der Waals surface area (Å²) in [4.78, 5) is 25.5. The Morgan fingerprint density at radius 1 is 1.37 bits per heavy atom. The topological polar surface area (TPSA) is 98.7 Å². The Morgan fingerprint density at radius 3 is 2.85 bits per heavy atom. The van der Waals surface area contributed by atoms with Gasteiger partial charge in [0.15, 0.2) is 5.78 Å². The van der Waals surface area contributed by atoms with E-state index < -0.39 is 24.4 Å². The van der Waals surface area contributed by atoms with Crippen LogP contribution in [0.25, 0.3) is 0 Å². The number of amides is 1. The summed E-state index contributed by atoms with van der Waals surface area (Å²) in [5.41, 5.74) is 1.16. The molecular weight excluding hydrogens is 486 g/mol. The first-order valence-electron chi connectivity index (χ1n) is 8.38. The number of benzene rings is 1. The Labute approximate surface area is 172 Å². The van der Waals surface area contributed by atoms with E-state index >= 15 is 0 Å². The fourth-order valence-electron chi connectivity index (χ4n) is 2.87. The molecule has 2 aromatic rings. The van der Waals surface area contributed by atoms with Crippen molar-refractivity contribution in [1.29, 1.82) is 0 Å². The Kier molecular flexibility index (Phi) is 6.45. The third-order valence-corrected chi connectivity index (χ3v) is 6.07. The number of Topliss-reactive ketones (excluding diaryl/α,β-unsaturated/α-hetero) is 1. The van der Waals surface area contributed by atoms with E-state index in [1.54, 1.807) is 12.1 Å². The number of fused-ring (bicyclic) bond motifs is 1. The van der Waals surface area contributed by atoms with Gasteiger partial charge in [0, 0.05) is 16.5 Å². The van der Waals surface area contributed by atoms with Crippen LogP contribution in [0, 0.1) is 9.39 Å². The maximum absolute atomic E-state index is 14.2. The van der Waals surface area contributed by atoms with Gasteiger partial charge in [-0.2, -0.15) is 0 Å². The number of thiophene rings is 1. The number of nitrogens with one attached hydrogen (secondary N) is 2. The Morgan fingerprint density at radius 2 is 2.15 bits per heavy atom. The summed E-state index contributed by atoms with van der Waals surface area (Å²) in [7, 11) is 0. The third-order valence-electron chi connectivity index (χ3n) is 4.21. The molecule has 27 heavy (non-hydrogen) atoms. The minimum absolute atomic E-state index is 0.0261. The van der Waals surface area contributed by atoms with E-state index in [1.165, 1.54) is 6.07 Å². The molecule has 1 aromatic heterocycles. The number of rotatable bonds is 6. The molecule has 0 unspecified atom stereocenters. The van der Waals surface area contributed by atoms with Gasteiger partial charge in [0.1, 0.15) is 10.8 Å². The molecule has 0 bridgehead atoms. The van der Waals surface area contributed by atoms with E-state index in [4.69, 9.17) is 5.11 Å². The fraction of sp³-hybridized carbons (Fsp3) is 0.333. The number of halogens is 2. The van der Waals surface area contributed by atoms with E-state index in [1.807, 2.05) is 22.6 Å². The zero-order valence-corrected chi connectivity index (χ0v) is 17.2. The van der Waals surface area contributed by atoms with Crippen molar-refractivity contribution in [2.75, 3.05) is 18.5 Å². The van der Waals surface area contributed by atoms with E-state index in [9.17, 15) is 19.1 Å². The summed E-state index contributed by atoms with van der Waals surface area (Å²) in [5.74, 6) is -0.952. The highest BCUT2D eigenvalue weighted by Gasteiger charge is 2.30. The number of anilines is 2. The molecule has 4 N–H and O–H groups in total. The second-order valence-electron chi connectivity index (χ2n) is 6.19. The van der Waals surface area contributed by atoms with Gasteiger partial charge in [0.05, 0.1) is 28.8 Å². The van der Waals surface area contributed by atoms with Crippen molar-refractivity contribution in [3.8, 4) is 0 Å². The number of hydrogen-bond acceptors (Lipinski definition) is 6. The Balaban J connectivity index is 1.97. The van der Waals surface area contributed by atoms with Crippen LogP contribution in [0.3, 0.4) is 0 Å². The van der Waals surface area contributed by atoms with Gasteiger partial charge >= 0.3 is 0 Å². The standard InChI is InChI=1S/C18H18FIN2O4S/c19-12-6-9(20)4-5-13(12)22-18-15(17(26)21-7-10(24)8-23)11-2-1-3-14(25)16(11)27-18/h4-6,10,22-24H,1-3,7-8H2,(H,21,26)/t10-/m0/s1. The molecule has 1 heterocycles. The number of carbonyl (C=O) groups is 2. The number of aliphatic hydroxyl groups excluding tert-OH is 2. The van der Waals surface area contributed by atoms with Crippen LogP contribution in [-0.2, 0) is 6.42 Å². The second kappa shape index (κ2) is 8.63. The van der Waals surface area contributed by atoms with E-state index in [0.29, 0.717) is 40.3 Å². The molecule has 0 saturated carbocycles. The predicted molar refractivity (Wildman–Crippen MR) is 109 cm³/mol. The summed E-state index contributed by atoms with van der Waals surface area (Å²) < 4.78 is 15.0. The second-order valence-corrected chi connectivity index (χ2v) is 8.45. The molecule has 0 saturated heterocycles. The lowest BCUT2D eigenvalue weighted by atomic mass is 9.94. The lowest BCUT2D eigenvalue weighted by Gasteiger charge is -2.14. The van der Waals surface area contributed by atoms with Crippen molar-refractivity contribution in [2.45, 2.75) is 25.4 Å². The summed E-state index contributed by atoms with van der Waals surface area (Å²) in [6, 6.07) is 4.69. The highest BCUT2D eigenvalue weighted by atomic mass is 127. The summed E-state index contributed by atoms with van der Waals surface area (Å²) >= 11 is 3.15. The molecule has 0 aliphatic heterocycles. The van der Waals surface area contributed by atoms with Crippen molar-refractivity contribution in [1.82, 2.24) is 5.32 Å². The first-order valence-corrected chi connectivity index (χ1v) is 10.3. The number of aliphatic hydroxyl groups is 2. The summed E-state index contributed by atoms with van der Waals surface area (Å²) in [6.07, 6.45) is 0.587. The first-order chi connectivity index (χ1) is 12.9. The third kappa shape index (κ3) is 4.48. The van der Waals surface area contributed by atoms with Gasteiger partial charge in [0.25, 0.3) is 5.91 Å². The molecule has 3 rings (SSSR count). The highest BCUT2D eigenvalue weighted by Crippen LogP contribution is 2.40. The lowest BCUT2D eigenvalue weighted by molar-refractivity contribution is 0.0802. The van der Waals surface area contributed by atoms with Gasteiger partial charge in [-0.15, -0.1) is 11.3 Å². The number of hydrogen-bond donors (Lipinski definition) is 4. The fourth-order valence-corrected chi connectivity index (χ4v) is 4.55. The number of ketones is 1. The van der Waals surface area contributed by atoms with Crippen LogP contribution in [0.1, 0.15) is 38.4 Å². The molecule has 1 amide bonds. The maximum Gasteiger partial charge on any atom is 0.254 e. The van der Waals surface area contributed by atoms with Crippen LogP contribution in [0.5, 0.6) is 0 Å². The Hall–Kier alpha value is -1.56. The quantitative estimate of drug-likeness (QED) is 0.454. The highest BCUT2D eigenvalue weighted by molar-refractivity contribution is 14.1. The van der Waals surface area contributed by atoms with E-state index in [-0.39, 0.29) is 18.0 Å². The van der Waals surface area contributed by atoms with Crippen molar-refractivity contribution in [3.63, 3.8) is 0 Å². The largest absolute Gasteiger partial charge is 0.394 e. The van der Waals surface area contributed by atoms with Crippen LogP contribution in [-0.4, -0.2) is 41.2 Å². The molecule has 0 fully saturated rings. The SMILES string of the molecule is O=C1CCCc2c1sc(Nc1ccc(I)cc1F)c2C(=O)NC[C@H](O)CO. The Bertz CT molecular complexity index is 886. The van der Waals surface area contributed by atoms with E-state index in [2.05, 4.69) is 10.6 Å². The summed E-state index contributed by atoms with van der Waals surface area (Å²) in [5, 5.41) is 24.3. The van der Waals surface area contributed by atoms with Crippen molar-refractivity contribution >= 4 is 56.3 Å². The van der Waals surface area contributed by atoms with Gasteiger partial charge in [-0.3, -0.25) is 9.59 Å². The van der Waals surface area contributed by atoms with Gasteiger partial charge < -0.3 is 20.8 Å². The van der Waals surface area contributed by atoms with Gasteiger partial charge in [-0.05, 0) is 59.2 Å². The minimum atomic E-state index is -1.07. The summed E-state index contributed by atoms with van der Waals surface area (Å²) in [6.45, 7) is -0.593. The molecule has 0 radical (unpaired) electrons.